The van der Waals surface area contributed by atoms with Gasteiger partial charge in [-0.3, -0.25) is 9.88 Å². The molecule has 110 valence electrons. The maximum absolute atomic E-state index is 12.4. The first-order chi connectivity index (χ1) is 9.57. The molecule has 2 aliphatic rings. The zero-order chi connectivity index (χ0) is 14.2. The normalized spacial score (nSPS) is 27.6. The monoisotopic (exact) mass is 296 g/mol. The van der Waals surface area contributed by atoms with Crippen molar-refractivity contribution in [3.05, 3.63) is 30.1 Å². The Morgan fingerprint density at radius 1 is 1.45 bits per heavy atom. The first-order valence-corrected chi connectivity index (χ1v) is 8.56. The highest BCUT2D eigenvalue weighted by atomic mass is 32.2. The number of hydrogen-bond acceptors (Lipinski definition) is 5. The molecular formula is C14H20N2O3S. The quantitative estimate of drug-likeness (QED) is 0.819. The van der Waals surface area contributed by atoms with Gasteiger partial charge in [0.2, 0.25) is 0 Å². The second-order valence-electron chi connectivity index (χ2n) is 5.79. The summed E-state index contributed by atoms with van der Waals surface area (Å²) in [6, 6.07) is 5.82. The molecule has 0 aromatic carbocycles. The Hall–Kier alpha value is -0.980. The van der Waals surface area contributed by atoms with Crippen molar-refractivity contribution in [2.75, 3.05) is 32.6 Å². The topological polar surface area (TPSA) is 59.5 Å². The lowest BCUT2D eigenvalue weighted by Crippen LogP contribution is -2.67. The fraction of sp³-hybridized carbons (Fsp3) is 0.643. The standard InChI is InChI=1S/C14H20N2O3S/c1-19-9-12-5-7-20(17,18)14(12)10-16(11-14)8-13-4-2-3-6-15-13/h2-4,6,12H,5,7-11H2,1H3/t12-/m0/s1. The van der Waals surface area contributed by atoms with Crippen LogP contribution in [-0.4, -0.2) is 55.6 Å². The van der Waals surface area contributed by atoms with E-state index in [0.29, 0.717) is 25.4 Å². The molecule has 0 amide bonds. The lowest BCUT2D eigenvalue weighted by atomic mass is 9.83. The molecule has 0 N–H and O–H groups in total. The zero-order valence-electron chi connectivity index (χ0n) is 11.7. The second kappa shape index (κ2) is 5.09. The molecule has 3 heterocycles. The molecule has 20 heavy (non-hydrogen) atoms. The summed E-state index contributed by atoms with van der Waals surface area (Å²) < 4.78 is 29.3. The van der Waals surface area contributed by atoms with Crippen molar-refractivity contribution in [2.24, 2.45) is 5.92 Å². The average molecular weight is 296 g/mol. The number of aromatic nitrogens is 1. The number of hydrogen-bond donors (Lipinski definition) is 0. The van der Waals surface area contributed by atoms with E-state index in [2.05, 4.69) is 9.88 Å². The molecule has 5 nitrogen and oxygen atoms in total. The Bertz CT molecular complexity index is 567. The average Bonchev–Trinajstić information content (AvgIpc) is 2.64. The third kappa shape index (κ3) is 2.16. The molecule has 1 spiro atoms. The van der Waals surface area contributed by atoms with E-state index in [4.69, 9.17) is 4.74 Å². The van der Waals surface area contributed by atoms with Crippen molar-refractivity contribution < 1.29 is 13.2 Å². The van der Waals surface area contributed by atoms with Gasteiger partial charge in [-0.05, 0) is 18.6 Å². The summed E-state index contributed by atoms with van der Waals surface area (Å²) in [5.41, 5.74) is 0.987. The van der Waals surface area contributed by atoms with Crippen LogP contribution in [-0.2, 0) is 21.1 Å². The van der Waals surface area contributed by atoms with Crippen LogP contribution in [0.5, 0.6) is 0 Å². The lowest BCUT2D eigenvalue weighted by Gasteiger charge is -2.49. The minimum Gasteiger partial charge on any atom is -0.384 e. The predicted octanol–water partition coefficient (Wildman–Crippen LogP) is 0.717. The minimum absolute atomic E-state index is 0.137. The molecule has 0 radical (unpaired) electrons. The SMILES string of the molecule is COC[C@@H]1CCS(=O)(=O)C12CN(Cc1ccccn1)C2. The highest BCUT2D eigenvalue weighted by Gasteiger charge is 2.61. The fourth-order valence-corrected chi connectivity index (χ4v) is 5.91. The van der Waals surface area contributed by atoms with E-state index < -0.39 is 14.6 Å². The van der Waals surface area contributed by atoms with Gasteiger partial charge >= 0.3 is 0 Å². The summed E-state index contributed by atoms with van der Waals surface area (Å²) in [4.78, 5) is 6.45. The predicted molar refractivity (Wildman–Crippen MR) is 76.0 cm³/mol. The molecule has 1 atom stereocenters. The smallest absolute Gasteiger partial charge is 0.158 e. The minimum atomic E-state index is -2.99. The van der Waals surface area contributed by atoms with Crippen LogP contribution < -0.4 is 0 Å². The number of methoxy groups -OCH3 is 1. The lowest BCUT2D eigenvalue weighted by molar-refractivity contribution is 0.0404. The van der Waals surface area contributed by atoms with Gasteiger partial charge in [-0.25, -0.2) is 8.42 Å². The molecule has 0 aliphatic carbocycles. The Kier molecular flexibility index (Phi) is 3.56. The molecule has 2 aliphatic heterocycles. The van der Waals surface area contributed by atoms with E-state index in [9.17, 15) is 8.42 Å². The van der Waals surface area contributed by atoms with Gasteiger partial charge in [-0.2, -0.15) is 0 Å². The van der Waals surface area contributed by atoms with Crippen molar-refractivity contribution in [2.45, 2.75) is 17.7 Å². The van der Waals surface area contributed by atoms with Crippen LogP contribution in [0.3, 0.4) is 0 Å². The van der Waals surface area contributed by atoms with E-state index in [1.807, 2.05) is 18.2 Å². The number of pyridine rings is 1. The summed E-state index contributed by atoms with van der Waals surface area (Å²) in [6.45, 7) is 2.48. The summed E-state index contributed by atoms with van der Waals surface area (Å²) in [5, 5.41) is 0. The molecule has 0 unspecified atom stereocenters. The summed E-state index contributed by atoms with van der Waals surface area (Å²) in [6.07, 6.45) is 2.50. The number of likely N-dealkylation sites (tertiary alicyclic amines) is 1. The number of nitrogens with zero attached hydrogens (tertiary/aromatic N) is 2. The van der Waals surface area contributed by atoms with Crippen LogP contribution in [0.2, 0.25) is 0 Å². The molecule has 1 aromatic heterocycles. The van der Waals surface area contributed by atoms with Crippen LogP contribution in [0.25, 0.3) is 0 Å². The Labute approximate surface area is 119 Å². The molecule has 2 saturated heterocycles. The van der Waals surface area contributed by atoms with Gasteiger partial charge in [0.15, 0.2) is 9.84 Å². The highest BCUT2D eigenvalue weighted by molar-refractivity contribution is 7.93. The third-order valence-electron chi connectivity index (χ3n) is 4.56. The molecular weight excluding hydrogens is 276 g/mol. The van der Waals surface area contributed by atoms with Crippen molar-refractivity contribution >= 4 is 9.84 Å². The molecule has 0 bridgehead atoms. The van der Waals surface area contributed by atoms with Gasteiger partial charge in [0.25, 0.3) is 0 Å². The van der Waals surface area contributed by atoms with Gasteiger partial charge in [-0.15, -0.1) is 0 Å². The van der Waals surface area contributed by atoms with E-state index in [1.165, 1.54) is 0 Å². The molecule has 0 saturated carbocycles. The van der Waals surface area contributed by atoms with Gasteiger partial charge in [0, 0.05) is 38.9 Å². The molecule has 3 rings (SSSR count). The summed E-state index contributed by atoms with van der Waals surface area (Å²) in [7, 11) is -1.35. The van der Waals surface area contributed by atoms with Crippen LogP contribution >= 0.6 is 0 Å². The Balaban J connectivity index is 1.70. The largest absolute Gasteiger partial charge is 0.384 e. The molecule has 1 aromatic rings. The molecule has 6 heteroatoms. The number of ether oxygens (including phenoxy) is 1. The Morgan fingerprint density at radius 2 is 2.25 bits per heavy atom. The maximum Gasteiger partial charge on any atom is 0.158 e. The fourth-order valence-electron chi connectivity index (χ4n) is 3.45. The van der Waals surface area contributed by atoms with Gasteiger partial charge in [0.05, 0.1) is 18.1 Å². The van der Waals surface area contributed by atoms with E-state index in [1.54, 1.807) is 13.3 Å². The first kappa shape index (κ1) is 14.0. The first-order valence-electron chi connectivity index (χ1n) is 6.91. The van der Waals surface area contributed by atoms with Crippen molar-refractivity contribution in [1.29, 1.82) is 0 Å². The van der Waals surface area contributed by atoms with E-state index >= 15 is 0 Å². The van der Waals surface area contributed by atoms with Gasteiger partial charge in [0.1, 0.15) is 4.75 Å². The third-order valence-corrected chi connectivity index (χ3v) is 7.16. The van der Waals surface area contributed by atoms with Crippen molar-refractivity contribution in [3.63, 3.8) is 0 Å². The zero-order valence-corrected chi connectivity index (χ0v) is 12.5. The summed E-state index contributed by atoms with van der Waals surface area (Å²) >= 11 is 0. The summed E-state index contributed by atoms with van der Waals surface area (Å²) in [5.74, 6) is 0.441. The maximum atomic E-state index is 12.4. The van der Waals surface area contributed by atoms with Crippen LogP contribution in [0, 0.1) is 5.92 Å². The number of sulfone groups is 1. The van der Waals surface area contributed by atoms with Gasteiger partial charge < -0.3 is 4.74 Å². The van der Waals surface area contributed by atoms with E-state index in [-0.39, 0.29) is 5.92 Å². The Morgan fingerprint density at radius 3 is 2.90 bits per heavy atom. The van der Waals surface area contributed by atoms with Gasteiger partial charge in [-0.1, -0.05) is 6.07 Å². The van der Waals surface area contributed by atoms with Crippen LogP contribution in [0.1, 0.15) is 12.1 Å². The number of rotatable bonds is 4. The molecule has 2 fully saturated rings. The van der Waals surface area contributed by atoms with Crippen LogP contribution in [0.15, 0.2) is 24.4 Å². The second-order valence-corrected chi connectivity index (χ2v) is 8.24. The van der Waals surface area contributed by atoms with Crippen molar-refractivity contribution in [1.82, 2.24) is 9.88 Å². The van der Waals surface area contributed by atoms with Crippen LogP contribution in [0.4, 0.5) is 0 Å². The van der Waals surface area contributed by atoms with E-state index in [0.717, 1.165) is 18.7 Å². The van der Waals surface area contributed by atoms with Crippen molar-refractivity contribution in [3.8, 4) is 0 Å². The highest BCUT2D eigenvalue weighted by Crippen LogP contribution is 2.45.